The molecule has 0 aliphatic heterocycles. The second-order valence-corrected chi connectivity index (χ2v) is 3.40. The summed E-state index contributed by atoms with van der Waals surface area (Å²) in [6.45, 7) is 3.80. The third-order valence-corrected chi connectivity index (χ3v) is 2.18. The van der Waals surface area contributed by atoms with Crippen molar-refractivity contribution in [1.29, 1.82) is 0 Å². The van der Waals surface area contributed by atoms with E-state index in [0.717, 1.165) is 18.7 Å². The standard InChI is InChI=1S/C9H15ClN2O/c1-7(5-11-2)12-6-8-3-4-13-9(8)10/h3-4,7,11-12H,5-6H2,1-2H3. The fourth-order valence-corrected chi connectivity index (χ4v) is 1.29. The summed E-state index contributed by atoms with van der Waals surface area (Å²) in [5, 5.41) is 6.89. The van der Waals surface area contributed by atoms with Gasteiger partial charge in [-0.05, 0) is 31.6 Å². The Balaban J connectivity index is 2.30. The van der Waals surface area contributed by atoms with Gasteiger partial charge in [0.15, 0.2) is 5.22 Å². The van der Waals surface area contributed by atoms with E-state index in [9.17, 15) is 0 Å². The molecule has 1 aromatic rings. The van der Waals surface area contributed by atoms with Crippen LogP contribution in [0.4, 0.5) is 0 Å². The van der Waals surface area contributed by atoms with Gasteiger partial charge in [0.05, 0.1) is 6.26 Å². The van der Waals surface area contributed by atoms with Gasteiger partial charge in [0.1, 0.15) is 0 Å². The van der Waals surface area contributed by atoms with E-state index < -0.39 is 0 Å². The van der Waals surface area contributed by atoms with Crippen LogP contribution in [0.3, 0.4) is 0 Å². The second-order valence-electron chi connectivity index (χ2n) is 3.06. The van der Waals surface area contributed by atoms with Gasteiger partial charge in [0.25, 0.3) is 0 Å². The Morgan fingerprint density at radius 2 is 2.38 bits per heavy atom. The summed E-state index contributed by atoms with van der Waals surface area (Å²) < 4.78 is 4.97. The van der Waals surface area contributed by atoms with Gasteiger partial charge >= 0.3 is 0 Å². The van der Waals surface area contributed by atoms with Crippen molar-refractivity contribution in [3.63, 3.8) is 0 Å². The summed E-state index contributed by atoms with van der Waals surface area (Å²) >= 11 is 5.78. The van der Waals surface area contributed by atoms with E-state index in [0.29, 0.717) is 11.3 Å². The van der Waals surface area contributed by atoms with E-state index in [4.69, 9.17) is 16.0 Å². The van der Waals surface area contributed by atoms with Crippen molar-refractivity contribution >= 4 is 11.6 Å². The van der Waals surface area contributed by atoms with Crippen molar-refractivity contribution in [3.05, 3.63) is 23.1 Å². The van der Waals surface area contributed by atoms with Crippen LogP contribution in [0.5, 0.6) is 0 Å². The molecular weight excluding hydrogens is 188 g/mol. The molecule has 0 radical (unpaired) electrons. The van der Waals surface area contributed by atoms with Crippen molar-refractivity contribution in [3.8, 4) is 0 Å². The zero-order chi connectivity index (χ0) is 9.68. The zero-order valence-corrected chi connectivity index (χ0v) is 8.69. The molecule has 0 saturated carbocycles. The monoisotopic (exact) mass is 202 g/mol. The molecule has 4 heteroatoms. The Labute approximate surface area is 83.5 Å². The maximum Gasteiger partial charge on any atom is 0.197 e. The predicted molar refractivity (Wildman–Crippen MR) is 53.9 cm³/mol. The first-order valence-corrected chi connectivity index (χ1v) is 4.71. The van der Waals surface area contributed by atoms with E-state index >= 15 is 0 Å². The minimum Gasteiger partial charge on any atom is -0.453 e. The quantitative estimate of drug-likeness (QED) is 0.762. The van der Waals surface area contributed by atoms with Gasteiger partial charge < -0.3 is 15.1 Å². The molecule has 0 aliphatic rings. The van der Waals surface area contributed by atoms with Gasteiger partial charge in [-0.15, -0.1) is 0 Å². The lowest BCUT2D eigenvalue weighted by Gasteiger charge is -2.11. The van der Waals surface area contributed by atoms with E-state index in [1.165, 1.54) is 0 Å². The Morgan fingerprint density at radius 3 is 2.92 bits per heavy atom. The lowest BCUT2D eigenvalue weighted by Crippen LogP contribution is -2.34. The van der Waals surface area contributed by atoms with Gasteiger partial charge in [-0.2, -0.15) is 0 Å². The van der Waals surface area contributed by atoms with Crippen LogP contribution in [0, 0.1) is 0 Å². The molecule has 1 rings (SSSR count). The first kappa shape index (κ1) is 10.6. The highest BCUT2D eigenvalue weighted by atomic mass is 35.5. The molecule has 0 saturated heterocycles. The van der Waals surface area contributed by atoms with Crippen molar-refractivity contribution in [1.82, 2.24) is 10.6 Å². The van der Waals surface area contributed by atoms with Crippen molar-refractivity contribution < 1.29 is 4.42 Å². The first-order chi connectivity index (χ1) is 6.24. The average Bonchev–Trinajstić information content (AvgIpc) is 2.48. The molecule has 2 N–H and O–H groups in total. The van der Waals surface area contributed by atoms with E-state index in [1.807, 2.05) is 13.1 Å². The van der Waals surface area contributed by atoms with E-state index in [-0.39, 0.29) is 0 Å². The molecule has 0 fully saturated rings. The Bertz CT molecular complexity index is 250. The molecule has 1 atom stereocenters. The van der Waals surface area contributed by atoms with Gasteiger partial charge in [0.2, 0.25) is 0 Å². The van der Waals surface area contributed by atoms with Crippen LogP contribution in [0.25, 0.3) is 0 Å². The molecule has 3 nitrogen and oxygen atoms in total. The third kappa shape index (κ3) is 3.38. The molecule has 0 amide bonds. The maximum atomic E-state index is 5.78. The minimum atomic E-state index is 0.427. The molecule has 1 unspecified atom stereocenters. The Hall–Kier alpha value is -0.510. The van der Waals surface area contributed by atoms with Gasteiger partial charge in [-0.3, -0.25) is 0 Å². The van der Waals surface area contributed by atoms with Crippen LogP contribution in [0.15, 0.2) is 16.7 Å². The number of hydrogen-bond donors (Lipinski definition) is 2. The molecule has 13 heavy (non-hydrogen) atoms. The third-order valence-electron chi connectivity index (χ3n) is 1.84. The summed E-state index contributed by atoms with van der Waals surface area (Å²) in [7, 11) is 1.93. The Morgan fingerprint density at radius 1 is 1.62 bits per heavy atom. The molecule has 74 valence electrons. The molecule has 0 spiro atoms. The first-order valence-electron chi connectivity index (χ1n) is 4.34. The van der Waals surface area contributed by atoms with Gasteiger partial charge in [-0.25, -0.2) is 0 Å². The minimum absolute atomic E-state index is 0.427. The molecular formula is C9H15ClN2O. The van der Waals surface area contributed by atoms with E-state index in [2.05, 4.69) is 17.6 Å². The molecule has 0 bridgehead atoms. The lowest BCUT2D eigenvalue weighted by atomic mass is 10.3. The molecule has 0 aliphatic carbocycles. The van der Waals surface area contributed by atoms with Crippen LogP contribution in [-0.2, 0) is 6.54 Å². The molecule has 1 aromatic heterocycles. The topological polar surface area (TPSA) is 37.2 Å². The number of furan rings is 1. The summed E-state index contributed by atoms with van der Waals surface area (Å²) in [6.07, 6.45) is 1.60. The Kier molecular flexibility index (Phi) is 4.28. The second kappa shape index (κ2) is 5.27. The lowest BCUT2D eigenvalue weighted by molar-refractivity contribution is 0.516. The molecule has 0 aromatic carbocycles. The largest absolute Gasteiger partial charge is 0.453 e. The van der Waals surface area contributed by atoms with Crippen LogP contribution < -0.4 is 10.6 Å². The predicted octanol–water partition coefficient (Wildman–Crippen LogP) is 1.63. The van der Waals surface area contributed by atoms with E-state index in [1.54, 1.807) is 6.26 Å². The van der Waals surface area contributed by atoms with Crippen LogP contribution in [0.1, 0.15) is 12.5 Å². The molecule has 1 heterocycles. The summed E-state index contributed by atoms with van der Waals surface area (Å²) in [4.78, 5) is 0. The van der Waals surface area contributed by atoms with Crippen LogP contribution >= 0.6 is 11.6 Å². The number of halogens is 1. The number of likely N-dealkylation sites (N-methyl/N-ethyl adjacent to an activating group) is 1. The van der Waals surface area contributed by atoms with Gasteiger partial charge in [-0.1, -0.05) is 0 Å². The highest BCUT2D eigenvalue weighted by Gasteiger charge is 2.04. The van der Waals surface area contributed by atoms with Crippen LogP contribution in [-0.4, -0.2) is 19.6 Å². The normalized spacial score (nSPS) is 13.2. The van der Waals surface area contributed by atoms with Crippen molar-refractivity contribution in [2.75, 3.05) is 13.6 Å². The fourth-order valence-electron chi connectivity index (χ4n) is 1.11. The van der Waals surface area contributed by atoms with Gasteiger partial charge in [0, 0.05) is 24.7 Å². The number of hydrogen-bond acceptors (Lipinski definition) is 3. The highest BCUT2D eigenvalue weighted by Crippen LogP contribution is 2.15. The smallest absolute Gasteiger partial charge is 0.197 e. The summed E-state index contributed by atoms with van der Waals surface area (Å²) in [5.41, 5.74) is 1.00. The van der Waals surface area contributed by atoms with Crippen molar-refractivity contribution in [2.45, 2.75) is 19.5 Å². The average molecular weight is 203 g/mol. The summed E-state index contributed by atoms with van der Waals surface area (Å²) in [5.74, 6) is 0. The SMILES string of the molecule is CNCC(C)NCc1ccoc1Cl. The van der Waals surface area contributed by atoms with Crippen LogP contribution in [0.2, 0.25) is 5.22 Å². The number of rotatable bonds is 5. The number of nitrogens with one attached hydrogen (secondary N) is 2. The maximum absolute atomic E-state index is 5.78. The highest BCUT2D eigenvalue weighted by molar-refractivity contribution is 6.29. The fraction of sp³-hybridized carbons (Fsp3) is 0.556. The zero-order valence-electron chi connectivity index (χ0n) is 7.93. The summed E-state index contributed by atoms with van der Waals surface area (Å²) in [6, 6.07) is 2.30. The van der Waals surface area contributed by atoms with Crippen molar-refractivity contribution in [2.24, 2.45) is 0 Å².